The normalized spacial score (nSPS) is 10.7. The van der Waals surface area contributed by atoms with Crippen molar-refractivity contribution in [3.8, 4) is 0 Å². The zero-order valence-corrected chi connectivity index (χ0v) is 8.71. The molecule has 0 unspecified atom stereocenters. The highest BCUT2D eigenvalue weighted by atomic mass is 35.5. The molecule has 0 saturated carbocycles. The van der Waals surface area contributed by atoms with Crippen molar-refractivity contribution >= 4 is 28.5 Å². The van der Waals surface area contributed by atoms with Gasteiger partial charge in [0.05, 0.1) is 6.42 Å². The molecule has 4 heteroatoms. The first-order valence-electron chi connectivity index (χ1n) is 4.64. The van der Waals surface area contributed by atoms with Crippen LogP contribution < -0.4 is 0 Å². The fourth-order valence-electron chi connectivity index (χ4n) is 1.54. The number of hydrogen-bond acceptors (Lipinski definition) is 1. The van der Waals surface area contributed by atoms with E-state index in [9.17, 15) is 4.79 Å². The van der Waals surface area contributed by atoms with Gasteiger partial charge in [-0.1, -0.05) is 11.6 Å². The van der Waals surface area contributed by atoms with E-state index in [-0.39, 0.29) is 6.42 Å². The molecule has 0 atom stereocenters. The van der Waals surface area contributed by atoms with E-state index in [0.29, 0.717) is 11.4 Å². The van der Waals surface area contributed by atoms with Crippen LogP contribution in [0.5, 0.6) is 0 Å². The first-order valence-corrected chi connectivity index (χ1v) is 5.02. The third kappa shape index (κ3) is 2.30. The Hall–Kier alpha value is -1.48. The van der Waals surface area contributed by atoms with Crippen molar-refractivity contribution in [2.45, 2.75) is 12.8 Å². The van der Waals surface area contributed by atoms with Crippen LogP contribution in [-0.2, 0) is 11.2 Å². The monoisotopic (exact) mass is 223 g/mol. The van der Waals surface area contributed by atoms with E-state index in [0.717, 1.165) is 16.6 Å². The molecule has 0 radical (unpaired) electrons. The lowest BCUT2D eigenvalue weighted by Gasteiger charge is -1.91. The summed E-state index contributed by atoms with van der Waals surface area (Å²) in [5, 5.41) is 10.3. The van der Waals surface area contributed by atoms with E-state index < -0.39 is 5.97 Å². The van der Waals surface area contributed by atoms with Gasteiger partial charge in [0.2, 0.25) is 0 Å². The second-order valence-corrected chi connectivity index (χ2v) is 3.86. The van der Waals surface area contributed by atoms with Crippen LogP contribution in [0.15, 0.2) is 24.3 Å². The van der Waals surface area contributed by atoms with Gasteiger partial charge in [0.15, 0.2) is 0 Å². The fraction of sp³-hybridized carbons (Fsp3) is 0.182. The molecule has 0 aliphatic rings. The summed E-state index contributed by atoms with van der Waals surface area (Å²) in [5.41, 5.74) is 1.91. The molecule has 1 aromatic heterocycles. The van der Waals surface area contributed by atoms with Crippen LogP contribution in [0, 0.1) is 0 Å². The average molecular weight is 224 g/mol. The number of aromatic nitrogens is 1. The Kier molecular flexibility index (Phi) is 2.64. The fourth-order valence-corrected chi connectivity index (χ4v) is 1.72. The second-order valence-electron chi connectivity index (χ2n) is 3.42. The van der Waals surface area contributed by atoms with Crippen LogP contribution in [0.25, 0.3) is 10.9 Å². The van der Waals surface area contributed by atoms with Gasteiger partial charge >= 0.3 is 5.97 Å². The number of aliphatic carboxylic acids is 1. The molecule has 3 nitrogen and oxygen atoms in total. The number of benzene rings is 1. The summed E-state index contributed by atoms with van der Waals surface area (Å²) < 4.78 is 0. The van der Waals surface area contributed by atoms with Gasteiger partial charge in [0.25, 0.3) is 0 Å². The molecule has 1 aromatic carbocycles. The average Bonchev–Trinajstić information content (AvgIpc) is 2.56. The van der Waals surface area contributed by atoms with Crippen LogP contribution in [-0.4, -0.2) is 16.1 Å². The predicted octanol–water partition coefficient (Wildman–Crippen LogP) is 2.84. The van der Waals surface area contributed by atoms with E-state index in [2.05, 4.69) is 4.98 Å². The van der Waals surface area contributed by atoms with Gasteiger partial charge in [-0.2, -0.15) is 0 Å². The number of carboxylic acids is 1. The number of halogens is 1. The SMILES string of the molecule is O=C(O)CCc1cc2cc(Cl)ccc2[nH]1. The van der Waals surface area contributed by atoms with E-state index in [1.54, 1.807) is 6.07 Å². The van der Waals surface area contributed by atoms with Crippen molar-refractivity contribution in [3.63, 3.8) is 0 Å². The first-order chi connectivity index (χ1) is 7.15. The minimum absolute atomic E-state index is 0.139. The molecule has 2 N–H and O–H groups in total. The quantitative estimate of drug-likeness (QED) is 0.841. The van der Waals surface area contributed by atoms with Crippen LogP contribution in [0.3, 0.4) is 0 Å². The second kappa shape index (κ2) is 3.95. The third-order valence-corrected chi connectivity index (χ3v) is 2.48. The molecule has 2 rings (SSSR count). The Labute approximate surface area is 91.7 Å². The highest BCUT2D eigenvalue weighted by Crippen LogP contribution is 2.20. The zero-order chi connectivity index (χ0) is 10.8. The molecule has 2 aromatic rings. The van der Waals surface area contributed by atoms with Crippen molar-refractivity contribution in [1.29, 1.82) is 0 Å². The van der Waals surface area contributed by atoms with Crippen molar-refractivity contribution in [1.82, 2.24) is 4.98 Å². The first kappa shape index (κ1) is 10.1. The number of carboxylic acid groups (broad SMARTS) is 1. The highest BCUT2D eigenvalue weighted by Gasteiger charge is 2.03. The summed E-state index contributed by atoms with van der Waals surface area (Å²) in [6.45, 7) is 0. The topological polar surface area (TPSA) is 53.1 Å². The highest BCUT2D eigenvalue weighted by molar-refractivity contribution is 6.31. The Balaban J connectivity index is 2.27. The molecule has 0 spiro atoms. The number of carbonyl (C=O) groups is 1. The number of aryl methyl sites for hydroxylation is 1. The molecule has 0 saturated heterocycles. The largest absolute Gasteiger partial charge is 0.481 e. The Morgan fingerprint density at radius 2 is 2.20 bits per heavy atom. The van der Waals surface area contributed by atoms with E-state index in [1.165, 1.54) is 0 Å². The third-order valence-electron chi connectivity index (χ3n) is 2.25. The maximum absolute atomic E-state index is 10.4. The van der Waals surface area contributed by atoms with Crippen LogP contribution >= 0.6 is 11.6 Å². The van der Waals surface area contributed by atoms with Crippen molar-refractivity contribution in [3.05, 3.63) is 35.0 Å². The Bertz CT molecular complexity index is 504. The minimum atomic E-state index is -0.785. The lowest BCUT2D eigenvalue weighted by molar-refractivity contribution is -0.136. The summed E-state index contributed by atoms with van der Waals surface area (Å²) in [4.78, 5) is 13.6. The number of aromatic amines is 1. The van der Waals surface area contributed by atoms with Crippen molar-refractivity contribution in [2.24, 2.45) is 0 Å². The Morgan fingerprint density at radius 3 is 2.93 bits per heavy atom. The molecule has 15 heavy (non-hydrogen) atoms. The van der Waals surface area contributed by atoms with E-state index in [1.807, 2.05) is 18.2 Å². The van der Waals surface area contributed by atoms with Crippen LogP contribution in [0.4, 0.5) is 0 Å². The molecule has 78 valence electrons. The van der Waals surface area contributed by atoms with Gasteiger partial charge in [0, 0.05) is 21.6 Å². The summed E-state index contributed by atoms with van der Waals surface area (Å²) in [6.07, 6.45) is 0.655. The van der Waals surface area contributed by atoms with Crippen molar-refractivity contribution in [2.75, 3.05) is 0 Å². The summed E-state index contributed by atoms with van der Waals surface area (Å²) >= 11 is 5.85. The number of H-pyrrole nitrogens is 1. The predicted molar refractivity (Wildman–Crippen MR) is 59.3 cm³/mol. The smallest absolute Gasteiger partial charge is 0.303 e. The molecule has 0 aliphatic heterocycles. The van der Waals surface area contributed by atoms with Crippen LogP contribution in [0.1, 0.15) is 12.1 Å². The van der Waals surface area contributed by atoms with Gasteiger partial charge < -0.3 is 10.1 Å². The standard InChI is InChI=1S/C11H10ClNO2/c12-8-1-3-10-7(5-8)6-9(13-10)2-4-11(14)15/h1,3,5-6,13H,2,4H2,(H,14,15). The molecule has 0 fully saturated rings. The summed E-state index contributed by atoms with van der Waals surface area (Å²) in [5.74, 6) is -0.785. The van der Waals surface area contributed by atoms with E-state index >= 15 is 0 Å². The maximum atomic E-state index is 10.4. The van der Waals surface area contributed by atoms with Gasteiger partial charge in [-0.05, 0) is 30.7 Å². The Morgan fingerprint density at radius 1 is 1.40 bits per heavy atom. The van der Waals surface area contributed by atoms with Gasteiger partial charge in [0.1, 0.15) is 0 Å². The number of nitrogens with one attached hydrogen (secondary N) is 1. The molecule has 0 aliphatic carbocycles. The zero-order valence-electron chi connectivity index (χ0n) is 7.96. The minimum Gasteiger partial charge on any atom is -0.481 e. The van der Waals surface area contributed by atoms with Crippen LogP contribution in [0.2, 0.25) is 5.02 Å². The number of hydrogen-bond donors (Lipinski definition) is 2. The number of fused-ring (bicyclic) bond motifs is 1. The molecular weight excluding hydrogens is 214 g/mol. The maximum Gasteiger partial charge on any atom is 0.303 e. The van der Waals surface area contributed by atoms with Crippen molar-refractivity contribution < 1.29 is 9.90 Å². The summed E-state index contributed by atoms with van der Waals surface area (Å²) in [6, 6.07) is 7.49. The van der Waals surface area contributed by atoms with Gasteiger partial charge in [-0.25, -0.2) is 0 Å². The number of rotatable bonds is 3. The molecular formula is C11H10ClNO2. The lowest BCUT2D eigenvalue weighted by Crippen LogP contribution is -1.97. The van der Waals surface area contributed by atoms with Gasteiger partial charge in [-0.3, -0.25) is 4.79 Å². The van der Waals surface area contributed by atoms with E-state index in [4.69, 9.17) is 16.7 Å². The molecule has 0 amide bonds. The molecule has 1 heterocycles. The van der Waals surface area contributed by atoms with Gasteiger partial charge in [-0.15, -0.1) is 0 Å². The lowest BCUT2D eigenvalue weighted by atomic mass is 10.2. The summed E-state index contributed by atoms with van der Waals surface area (Å²) in [7, 11) is 0. The molecule has 0 bridgehead atoms.